The Morgan fingerprint density at radius 1 is 0.795 bits per heavy atom. The zero-order valence-corrected chi connectivity index (χ0v) is 22.8. The van der Waals surface area contributed by atoms with Crippen molar-refractivity contribution in [3.05, 3.63) is 84.1 Å². The minimum atomic E-state index is 0.551. The molecule has 5 rings (SSSR count). The molecule has 0 radical (unpaired) electrons. The van der Waals surface area contributed by atoms with Gasteiger partial charge in [-0.25, -0.2) is 4.98 Å². The van der Waals surface area contributed by atoms with Gasteiger partial charge in [-0.3, -0.25) is 9.89 Å². The van der Waals surface area contributed by atoms with Crippen LogP contribution in [-0.4, -0.2) is 73.2 Å². The van der Waals surface area contributed by atoms with Crippen LogP contribution in [0.25, 0.3) is 0 Å². The highest BCUT2D eigenvalue weighted by Crippen LogP contribution is 2.33. The van der Waals surface area contributed by atoms with E-state index in [-0.39, 0.29) is 0 Å². The van der Waals surface area contributed by atoms with Crippen LogP contribution in [0, 0.1) is 0 Å². The molecule has 3 heterocycles. The van der Waals surface area contributed by atoms with Crippen LogP contribution in [0.4, 0.5) is 0 Å². The largest absolute Gasteiger partial charge is 0.490 e. The highest BCUT2D eigenvalue weighted by atomic mass is 16.5. The number of rotatable bonds is 6. The number of amidine groups is 1. The molecule has 7 nitrogen and oxygen atoms in total. The van der Waals surface area contributed by atoms with Gasteiger partial charge in [0.15, 0.2) is 11.5 Å². The van der Waals surface area contributed by atoms with Crippen molar-refractivity contribution in [2.45, 2.75) is 38.6 Å². The number of benzene rings is 2. The number of ether oxygens (including phenoxy) is 3. The van der Waals surface area contributed by atoms with Crippen LogP contribution < -0.4 is 9.47 Å². The summed E-state index contributed by atoms with van der Waals surface area (Å²) in [6, 6.07) is 22.6. The maximum absolute atomic E-state index is 6.45. The van der Waals surface area contributed by atoms with Crippen LogP contribution in [0.5, 0.6) is 17.4 Å². The van der Waals surface area contributed by atoms with Crippen molar-refractivity contribution < 1.29 is 14.2 Å². The summed E-state index contributed by atoms with van der Waals surface area (Å²) >= 11 is 0. The molecular weight excluding hydrogens is 488 g/mol. The quantitative estimate of drug-likeness (QED) is 0.403. The summed E-state index contributed by atoms with van der Waals surface area (Å²) in [7, 11) is 0. The molecule has 0 unspecified atom stereocenters. The Morgan fingerprint density at radius 3 is 2.46 bits per heavy atom. The van der Waals surface area contributed by atoms with Gasteiger partial charge >= 0.3 is 0 Å². The van der Waals surface area contributed by atoms with E-state index in [1.807, 2.05) is 30.3 Å². The van der Waals surface area contributed by atoms with E-state index in [9.17, 15) is 0 Å². The zero-order chi connectivity index (χ0) is 26.5. The van der Waals surface area contributed by atoms with Crippen LogP contribution >= 0.6 is 0 Å². The number of hydrogen-bond acceptors (Lipinski definition) is 7. The molecule has 0 spiro atoms. The first-order chi connectivity index (χ1) is 19.4. The van der Waals surface area contributed by atoms with Gasteiger partial charge in [0.1, 0.15) is 5.84 Å². The van der Waals surface area contributed by atoms with Gasteiger partial charge < -0.3 is 19.1 Å². The van der Waals surface area contributed by atoms with Crippen molar-refractivity contribution in [3.8, 4) is 17.4 Å². The molecule has 0 amide bonds. The van der Waals surface area contributed by atoms with Gasteiger partial charge in [0, 0.05) is 45.5 Å². The van der Waals surface area contributed by atoms with Gasteiger partial charge in [-0.2, -0.15) is 0 Å². The zero-order valence-electron chi connectivity index (χ0n) is 22.8. The van der Waals surface area contributed by atoms with E-state index in [0.717, 1.165) is 102 Å². The molecular formula is C32H40N4O3. The number of morpholine rings is 1. The lowest BCUT2D eigenvalue weighted by atomic mass is 10.1. The monoisotopic (exact) mass is 528 g/mol. The lowest BCUT2D eigenvalue weighted by Gasteiger charge is -2.30. The van der Waals surface area contributed by atoms with Gasteiger partial charge in [0.25, 0.3) is 0 Å². The number of nitrogens with zero attached hydrogens (tertiary/aromatic N) is 4. The average Bonchev–Trinajstić information content (AvgIpc) is 2.98. The van der Waals surface area contributed by atoms with E-state index in [1.54, 1.807) is 6.20 Å². The molecule has 206 valence electrons. The molecule has 7 heteroatoms. The predicted molar refractivity (Wildman–Crippen MR) is 155 cm³/mol. The minimum Gasteiger partial charge on any atom is -0.490 e. The second kappa shape index (κ2) is 14.7. The van der Waals surface area contributed by atoms with Gasteiger partial charge in [0.2, 0.25) is 5.88 Å². The normalized spacial score (nSPS) is 17.0. The van der Waals surface area contributed by atoms with Gasteiger partial charge in [-0.05, 0) is 55.5 Å². The van der Waals surface area contributed by atoms with Crippen LogP contribution in [0.1, 0.15) is 43.2 Å². The summed E-state index contributed by atoms with van der Waals surface area (Å²) in [6.45, 7) is 7.81. The second-order valence-corrected chi connectivity index (χ2v) is 10.1. The van der Waals surface area contributed by atoms with Crippen molar-refractivity contribution in [2.75, 3.05) is 52.5 Å². The van der Waals surface area contributed by atoms with E-state index in [4.69, 9.17) is 19.2 Å². The molecule has 0 saturated carbocycles. The number of hydrogen-bond donors (Lipinski definition) is 0. The highest BCUT2D eigenvalue weighted by molar-refractivity contribution is 6.00. The molecule has 0 bridgehead atoms. The number of pyridine rings is 1. The van der Waals surface area contributed by atoms with E-state index < -0.39 is 0 Å². The van der Waals surface area contributed by atoms with Crippen LogP contribution in [0.15, 0.2) is 77.9 Å². The summed E-state index contributed by atoms with van der Waals surface area (Å²) < 4.78 is 18.1. The second-order valence-electron chi connectivity index (χ2n) is 10.1. The Labute approximate surface area is 232 Å². The third-order valence-electron chi connectivity index (χ3n) is 7.16. The lowest BCUT2D eigenvalue weighted by molar-refractivity contribution is 0.0367. The number of fused-ring (bicyclic) bond motifs is 2. The summed E-state index contributed by atoms with van der Waals surface area (Å²) in [5.41, 5.74) is 2.17. The van der Waals surface area contributed by atoms with Crippen molar-refractivity contribution in [2.24, 2.45) is 4.99 Å². The molecule has 2 aromatic carbocycles. The third kappa shape index (κ3) is 8.04. The molecule has 0 aliphatic carbocycles. The van der Waals surface area contributed by atoms with Gasteiger partial charge in [-0.15, -0.1) is 0 Å². The summed E-state index contributed by atoms with van der Waals surface area (Å²) in [4.78, 5) is 14.8. The van der Waals surface area contributed by atoms with Crippen molar-refractivity contribution in [3.63, 3.8) is 0 Å². The van der Waals surface area contributed by atoms with Gasteiger partial charge in [0.05, 0.1) is 25.4 Å². The molecule has 39 heavy (non-hydrogen) atoms. The Kier molecular flexibility index (Phi) is 10.2. The minimum absolute atomic E-state index is 0.551. The molecule has 2 aliphatic heterocycles. The Bertz CT molecular complexity index is 1180. The smallest absolute Gasteiger partial charge is 0.230 e. The summed E-state index contributed by atoms with van der Waals surface area (Å²) in [5.74, 6) is 2.92. The first-order valence-corrected chi connectivity index (χ1v) is 14.4. The van der Waals surface area contributed by atoms with Gasteiger partial charge in [-0.1, -0.05) is 48.9 Å². The van der Waals surface area contributed by atoms with E-state index in [1.165, 1.54) is 5.56 Å². The Balaban J connectivity index is 1.46. The molecule has 1 saturated heterocycles. The van der Waals surface area contributed by atoms with E-state index in [0.29, 0.717) is 18.2 Å². The molecule has 0 atom stereocenters. The van der Waals surface area contributed by atoms with E-state index in [2.05, 4.69) is 51.2 Å². The summed E-state index contributed by atoms with van der Waals surface area (Å²) in [6.07, 6.45) is 7.14. The number of aromatic nitrogens is 1. The first kappa shape index (κ1) is 27.2. The standard InChI is InChI=1S/C32H40N4O3/c1-2-9-23-38-29-15-6-7-16-30(29)39-32-28(14-10-18-34-32)31(33-17-8-1)36(26-27-12-4-3-5-13-27)20-11-19-35-21-24-37-25-22-35/h3-7,10,12-16,18H,1-2,8-9,11,17,19-26H2. The average molecular weight is 529 g/mol. The Morgan fingerprint density at radius 2 is 1.59 bits per heavy atom. The Hall–Kier alpha value is -3.42. The SMILES string of the molecule is c1ccc(CN(CCCN2CCOCC2)C2=NCCCCCCOc3ccccc3Oc3ncccc32)cc1. The van der Waals surface area contributed by atoms with Crippen LogP contribution in [0.3, 0.4) is 0 Å². The maximum Gasteiger partial charge on any atom is 0.230 e. The molecule has 1 fully saturated rings. The van der Waals surface area contributed by atoms with Crippen molar-refractivity contribution in [1.82, 2.24) is 14.8 Å². The maximum atomic E-state index is 6.45. The van der Waals surface area contributed by atoms with Crippen LogP contribution in [0.2, 0.25) is 0 Å². The fourth-order valence-corrected chi connectivity index (χ4v) is 5.06. The van der Waals surface area contributed by atoms with Crippen molar-refractivity contribution >= 4 is 5.84 Å². The predicted octanol–water partition coefficient (Wildman–Crippen LogP) is 5.80. The summed E-state index contributed by atoms with van der Waals surface area (Å²) in [5, 5.41) is 0. The third-order valence-corrected chi connectivity index (χ3v) is 7.16. The topological polar surface area (TPSA) is 59.4 Å². The number of aliphatic imine (C=N–C) groups is 1. The highest BCUT2D eigenvalue weighted by Gasteiger charge is 2.21. The van der Waals surface area contributed by atoms with Crippen molar-refractivity contribution in [1.29, 1.82) is 0 Å². The fraction of sp³-hybridized carbons (Fsp3) is 0.438. The van der Waals surface area contributed by atoms with Crippen LogP contribution in [-0.2, 0) is 11.3 Å². The first-order valence-electron chi connectivity index (χ1n) is 14.4. The fourth-order valence-electron chi connectivity index (χ4n) is 5.06. The molecule has 1 aromatic heterocycles. The molecule has 3 aromatic rings. The molecule has 0 N–H and O–H groups in total. The van der Waals surface area contributed by atoms with E-state index >= 15 is 0 Å². The lowest BCUT2D eigenvalue weighted by Crippen LogP contribution is -2.39. The number of para-hydroxylation sites is 2. The molecule has 2 aliphatic rings.